The first-order chi connectivity index (χ1) is 13.9. The molecule has 0 amide bonds. The summed E-state index contributed by atoms with van der Waals surface area (Å²) in [4.78, 5) is 0. The standard InChI is InChI=1S/C24H34F4O/c1-2-3-4-5-17-6-8-18(9-7-17)19-10-12-20(13-11-19)24(27,28)29-23-15-21(25)14-22(26)16-23/h14-20H,2-13H2,1H3. The third-order valence-corrected chi connectivity index (χ3v) is 7.11. The molecule has 0 saturated heterocycles. The predicted octanol–water partition coefficient (Wildman–Crippen LogP) is 8.13. The topological polar surface area (TPSA) is 9.23 Å². The maximum Gasteiger partial charge on any atom is 0.400 e. The Balaban J connectivity index is 1.45. The van der Waals surface area contributed by atoms with Gasteiger partial charge in [0.2, 0.25) is 0 Å². The van der Waals surface area contributed by atoms with Gasteiger partial charge in [-0.3, -0.25) is 0 Å². The Kier molecular flexibility index (Phi) is 7.86. The first-order valence-corrected chi connectivity index (χ1v) is 11.4. The van der Waals surface area contributed by atoms with E-state index in [1.807, 2.05) is 0 Å². The molecule has 29 heavy (non-hydrogen) atoms. The number of unbranched alkanes of at least 4 members (excludes halogenated alkanes) is 2. The van der Waals surface area contributed by atoms with Gasteiger partial charge in [-0.2, -0.15) is 8.78 Å². The van der Waals surface area contributed by atoms with Crippen LogP contribution in [0.3, 0.4) is 0 Å². The van der Waals surface area contributed by atoms with Crippen molar-refractivity contribution < 1.29 is 22.3 Å². The van der Waals surface area contributed by atoms with Crippen molar-refractivity contribution in [2.45, 2.75) is 90.1 Å². The number of benzene rings is 1. The van der Waals surface area contributed by atoms with Gasteiger partial charge in [0.05, 0.1) is 5.92 Å². The second kappa shape index (κ2) is 10.2. The van der Waals surface area contributed by atoms with Gasteiger partial charge in [-0.1, -0.05) is 45.4 Å². The number of alkyl halides is 2. The second-order valence-corrected chi connectivity index (χ2v) is 9.16. The Labute approximate surface area is 172 Å². The van der Waals surface area contributed by atoms with Gasteiger partial charge in [-0.25, -0.2) is 8.78 Å². The van der Waals surface area contributed by atoms with E-state index in [4.69, 9.17) is 4.74 Å². The molecule has 1 nitrogen and oxygen atoms in total. The highest BCUT2D eigenvalue weighted by atomic mass is 19.3. The van der Waals surface area contributed by atoms with Crippen LogP contribution >= 0.6 is 0 Å². The van der Waals surface area contributed by atoms with Crippen molar-refractivity contribution in [2.24, 2.45) is 23.7 Å². The molecule has 0 unspecified atom stereocenters. The van der Waals surface area contributed by atoms with Gasteiger partial charge in [-0.15, -0.1) is 0 Å². The summed E-state index contributed by atoms with van der Waals surface area (Å²) >= 11 is 0. The molecule has 0 bridgehead atoms. The summed E-state index contributed by atoms with van der Waals surface area (Å²) in [5.41, 5.74) is 0. The van der Waals surface area contributed by atoms with Crippen LogP contribution in [0.15, 0.2) is 18.2 Å². The Morgan fingerprint density at radius 3 is 1.93 bits per heavy atom. The fourth-order valence-electron chi connectivity index (χ4n) is 5.39. The Morgan fingerprint density at radius 1 is 0.828 bits per heavy atom. The van der Waals surface area contributed by atoms with Crippen molar-refractivity contribution in [3.8, 4) is 5.75 Å². The fraction of sp³-hybridized carbons (Fsp3) is 0.750. The molecule has 0 radical (unpaired) electrons. The smallest absolute Gasteiger partial charge is 0.400 e. The monoisotopic (exact) mass is 414 g/mol. The number of hydrogen-bond acceptors (Lipinski definition) is 1. The van der Waals surface area contributed by atoms with Crippen LogP contribution < -0.4 is 4.74 Å². The van der Waals surface area contributed by atoms with Gasteiger partial charge in [0.25, 0.3) is 0 Å². The molecule has 0 N–H and O–H groups in total. The van der Waals surface area contributed by atoms with Gasteiger partial charge < -0.3 is 4.74 Å². The van der Waals surface area contributed by atoms with Crippen molar-refractivity contribution in [2.75, 3.05) is 0 Å². The van der Waals surface area contributed by atoms with E-state index in [9.17, 15) is 17.6 Å². The van der Waals surface area contributed by atoms with Crippen LogP contribution in [0.1, 0.15) is 84.0 Å². The van der Waals surface area contributed by atoms with E-state index in [1.54, 1.807) is 0 Å². The lowest BCUT2D eigenvalue weighted by molar-refractivity contribution is -0.224. The maximum absolute atomic E-state index is 14.6. The average Bonchev–Trinajstić information content (AvgIpc) is 2.68. The summed E-state index contributed by atoms with van der Waals surface area (Å²) in [5, 5.41) is 0. The van der Waals surface area contributed by atoms with E-state index in [2.05, 4.69) is 6.92 Å². The van der Waals surface area contributed by atoms with Gasteiger partial charge in [0.15, 0.2) is 0 Å². The summed E-state index contributed by atoms with van der Waals surface area (Å²) in [6, 6.07) is 2.26. The maximum atomic E-state index is 14.6. The molecule has 0 aliphatic heterocycles. The largest absolute Gasteiger partial charge is 0.432 e. The van der Waals surface area contributed by atoms with Gasteiger partial charge in [0.1, 0.15) is 17.4 Å². The molecule has 2 aliphatic carbocycles. The fourth-order valence-corrected chi connectivity index (χ4v) is 5.39. The van der Waals surface area contributed by atoms with Crippen molar-refractivity contribution >= 4 is 0 Å². The minimum atomic E-state index is -3.40. The normalized spacial score (nSPS) is 28.3. The Morgan fingerprint density at radius 2 is 1.38 bits per heavy atom. The summed E-state index contributed by atoms with van der Waals surface area (Å²) < 4.78 is 60.4. The summed E-state index contributed by atoms with van der Waals surface area (Å²) in [6.45, 7) is 2.23. The van der Waals surface area contributed by atoms with Crippen molar-refractivity contribution in [1.29, 1.82) is 0 Å². The number of rotatable bonds is 8. The zero-order valence-electron chi connectivity index (χ0n) is 17.4. The molecular weight excluding hydrogens is 380 g/mol. The first-order valence-electron chi connectivity index (χ1n) is 11.4. The molecule has 1 aromatic rings. The highest BCUT2D eigenvalue weighted by molar-refractivity contribution is 5.24. The minimum absolute atomic E-state index is 0.409. The lowest BCUT2D eigenvalue weighted by atomic mass is 9.68. The molecule has 5 heteroatoms. The van der Waals surface area contributed by atoms with Crippen molar-refractivity contribution in [1.82, 2.24) is 0 Å². The second-order valence-electron chi connectivity index (χ2n) is 9.16. The molecule has 0 spiro atoms. The van der Waals surface area contributed by atoms with Crippen LogP contribution in [0.25, 0.3) is 0 Å². The van der Waals surface area contributed by atoms with E-state index in [-0.39, 0.29) is 0 Å². The van der Waals surface area contributed by atoms with Crippen molar-refractivity contribution in [3.05, 3.63) is 29.8 Å². The van der Waals surface area contributed by atoms with Crippen molar-refractivity contribution in [3.63, 3.8) is 0 Å². The lowest BCUT2D eigenvalue weighted by Crippen LogP contribution is -2.38. The van der Waals surface area contributed by atoms with Gasteiger partial charge >= 0.3 is 6.11 Å². The number of halogens is 4. The summed E-state index contributed by atoms with van der Waals surface area (Å²) in [6.07, 6.45) is 9.33. The zero-order chi connectivity index (χ0) is 20.9. The Hall–Kier alpha value is -1.26. The average molecular weight is 415 g/mol. The SMILES string of the molecule is CCCCCC1CCC(C2CCC(C(F)(F)Oc3cc(F)cc(F)c3)CC2)CC1. The molecular formula is C24H34F4O. The molecule has 2 fully saturated rings. The number of hydrogen-bond donors (Lipinski definition) is 0. The van der Waals surface area contributed by atoms with Crippen LogP contribution in [0.2, 0.25) is 0 Å². The molecule has 0 atom stereocenters. The molecule has 164 valence electrons. The number of ether oxygens (including phenoxy) is 1. The summed E-state index contributed by atoms with van der Waals surface area (Å²) in [5.74, 6) is -1.10. The van der Waals surface area contributed by atoms with Crippen LogP contribution in [-0.2, 0) is 0 Å². The van der Waals surface area contributed by atoms with Crippen LogP contribution in [0, 0.1) is 35.3 Å². The quantitative estimate of drug-likeness (QED) is 0.308. The third kappa shape index (κ3) is 6.36. The summed E-state index contributed by atoms with van der Waals surface area (Å²) in [7, 11) is 0. The lowest BCUT2D eigenvalue weighted by Gasteiger charge is -2.39. The highest BCUT2D eigenvalue weighted by Gasteiger charge is 2.45. The molecule has 1 aromatic carbocycles. The zero-order valence-corrected chi connectivity index (χ0v) is 17.4. The van der Waals surface area contributed by atoms with E-state index in [0.29, 0.717) is 30.7 Å². The van der Waals surface area contributed by atoms with Crippen LogP contribution in [0.4, 0.5) is 17.6 Å². The molecule has 3 rings (SSSR count). The molecule has 0 aromatic heterocycles. The van der Waals surface area contributed by atoms with E-state index < -0.39 is 29.4 Å². The highest BCUT2D eigenvalue weighted by Crippen LogP contribution is 2.46. The first kappa shape index (κ1) is 22.4. The Bertz CT molecular complexity index is 612. The third-order valence-electron chi connectivity index (χ3n) is 7.11. The van der Waals surface area contributed by atoms with E-state index in [1.165, 1.54) is 51.4 Å². The molecule has 2 saturated carbocycles. The predicted molar refractivity (Wildman–Crippen MR) is 107 cm³/mol. The van der Waals surface area contributed by atoms with Crippen LogP contribution in [-0.4, -0.2) is 6.11 Å². The van der Waals surface area contributed by atoms with E-state index >= 15 is 0 Å². The molecule has 0 heterocycles. The molecule has 2 aliphatic rings. The minimum Gasteiger partial charge on any atom is -0.432 e. The van der Waals surface area contributed by atoms with Gasteiger partial charge in [-0.05, 0) is 56.3 Å². The van der Waals surface area contributed by atoms with E-state index in [0.717, 1.165) is 30.9 Å². The van der Waals surface area contributed by atoms with Crippen LogP contribution in [0.5, 0.6) is 5.75 Å². The van der Waals surface area contributed by atoms with Gasteiger partial charge in [0, 0.05) is 18.2 Å².